The van der Waals surface area contributed by atoms with Crippen molar-refractivity contribution in [3.8, 4) is 11.8 Å². The van der Waals surface area contributed by atoms with E-state index < -0.39 is 12.3 Å². The van der Waals surface area contributed by atoms with Crippen LogP contribution in [0.5, 0.6) is 0 Å². The lowest BCUT2D eigenvalue weighted by atomic mass is 10.0. The third-order valence-corrected chi connectivity index (χ3v) is 5.91. The summed E-state index contributed by atoms with van der Waals surface area (Å²) in [6.07, 6.45) is -3.10. The van der Waals surface area contributed by atoms with Crippen LogP contribution in [-0.4, -0.2) is 42.1 Å². The monoisotopic (exact) mass is 563 g/mol. The van der Waals surface area contributed by atoms with Crippen LogP contribution in [0.25, 0.3) is 0 Å². The van der Waals surface area contributed by atoms with E-state index in [1.165, 1.54) is 12.1 Å². The molecule has 2 atom stereocenters. The van der Waals surface area contributed by atoms with Crippen LogP contribution in [0.2, 0.25) is 5.02 Å². The van der Waals surface area contributed by atoms with Crippen molar-refractivity contribution in [2.75, 3.05) is 29.9 Å². The lowest BCUT2D eigenvalue weighted by Gasteiger charge is -2.41. The summed E-state index contributed by atoms with van der Waals surface area (Å²) < 4.78 is 39.2. The van der Waals surface area contributed by atoms with Gasteiger partial charge >= 0.3 is 6.18 Å². The van der Waals surface area contributed by atoms with E-state index in [0.717, 1.165) is 31.4 Å². The van der Waals surface area contributed by atoms with Gasteiger partial charge in [0.2, 0.25) is 0 Å². The summed E-state index contributed by atoms with van der Waals surface area (Å²) in [7, 11) is 0. The summed E-state index contributed by atoms with van der Waals surface area (Å²) in [6.45, 7) is 14.0. The van der Waals surface area contributed by atoms with Crippen LogP contribution in [0.1, 0.15) is 58.6 Å². The van der Waals surface area contributed by atoms with Gasteiger partial charge in [0.1, 0.15) is 0 Å². The van der Waals surface area contributed by atoms with Crippen molar-refractivity contribution >= 4 is 38.9 Å². The summed E-state index contributed by atoms with van der Waals surface area (Å²) in [5, 5.41) is 13.4. The molecule has 0 amide bonds. The average molecular weight is 565 g/mol. The standard InChI is InChI=1S/C17H21ClF3N3O.C6H7Br.C2H6/c1-3-10(2)9-23-7-4-8-24-14-11(15(25)17(19,20)21)5-6-12(18)13(14)22-16(23)24;1-2-3-4-5-6-7;1-2/h5-6,15-16,22,25H,2-4,7-9H2,1H3;5-6H,4H2,1H3;1-2H3/b;6-5+;. The second-order valence-electron chi connectivity index (χ2n) is 7.44. The van der Waals surface area contributed by atoms with E-state index in [0.29, 0.717) is 29.5 Å². The topological polar surface area (TPSA) is 38.7 Å². The summed E-state index contributed by atoms with van der Waals surface area (Å²) >= 11 is 9.35. The van der Waals surface area contributed by atoms with E-state index in [1.54, 1.807) is 0 Å². The number of aliphatic hydroxyl groups excluding tert-OH is 1. The highest BCUT2D eigenvalue weighted by Gasteiger charge is 2.45. The van der Waals surface area contributed by atoms with Gasteiger partial charge in [0.05, 0.1) is 16.4 Å². The fraction of sp³-hybridized carbons (Fsp3) is 0.520. The zero-order valence-electron chi connectivity index (χ0n) is 20.1. The van der Waals surface area contributed by atoms with Crippen LogP contribution >= 0.6 is 27.5 Å². The van der Waals surface area contributed by atoms with Gasteiger partial charge < -0.3 is 15.3 Å². The molecule has 2 N–H and O–H groups in total. The maximum Gasteiger partial charge on any atom is 0.418 e. The van der Waals surface area contributed by atoms with Crippen LogP contribution in [0, 0.1) is 11.8 Å². The highest BCUT2D eigenvalue weighted by molar-refractivity contribution is 9.11. The molecule has 9 heteroatoms. The molecule has 0 aromatic heterocycles. The molecule has 2 aliphatic heterocycles. The third-order valence-electron chi connectivity index (χ3n) is 5.22. The fourth-order valence-corrected chi connectivity index (χ4v) is 4.01. The number of alkyl halides is 3. The van der Waals surface area contributed by atoms with Crippen molar-refractivity contribution in [2.24, 2.45) is 0 Å². The van der Waals surface area contributed by atoms with Gasteiger partial charge in [-0.1, -0.05) is 78.5 Å². The molecule has 1 aromatic rings. The van der Waals surface area contributed by atoms with E-state index in [-0.39, 0.29) is 11.9 Å². The molecule has 0 aliphatic carbocycles. The zero-order valence-corrected chi connectivity index (χ0v) is 22.5. The van der Waals surface area contributed by atoms with E-state index in [1.807, 2.05) is 43.7 Å². The molecule has 0 bridgehead atoms. The largest absolute Gasteiger partial charge is 0.418 e. The van der Waals surface area contributed by atoms with Gasteiger partial charge in [-0.2, -0.15) is 13.2 Å². The Labute approximate surface area is 215 Å². The number of hydrogen-bond donors (Lipinski definition) is 2. The Morgan fingerprint density at radius 3 is 2.62 bits per heavy atom. The first-order valence-corrected chi connectivity index (χ1v) is 12.6. The van der Waals surface area contributed by atoms with Crippen LogP contribution in [0.3, 0.4) is 0 Å². The lowest BCUT2D eigenvalue weighted by molar-refractivity contribution is -0.206. The highest BCUT2D eigenvalue weighted by Crippen LogP contribution is 2.48. The molecule has 190 valence electrons. The Hall–Kier alpha value is -1.66. The third kappa shape index (κ3) is 7.94. The number of rotatable bonds is 5. The van der Waals surface area contributed by atoms with Crippen LogP contribution in [0.4, 0.5) is 24.5 Å². The molecule has 1 fully saturated rings. The summed E-state index contributed by atoms with van der Waals surface area (Å²) in [6, 6.07) is 2.65. The van der Waals surface area contributed by atoms with Gasteiger partial charge in [0.15, 0.2) is 12.4 Å². The number of aliphatic hydroxyl groups is 1. The average Bonchev–Trinajstić information content (AvgIpc) is 3.22. The molecule has 2 unspecified atom stereocenters. The highest BCUT2D eigenvalue weighted by atomic mass is 79.9. The van der Waals surface area contributed by atoms with Gasteiger partial charge in [-0.3, -0.25) is 4.90 Å². The molecule has 0 radical (unpaired) electrons. The zero-order chi connectivity index (χ0) is 25.9. The number of nitrogens with zero attached hydrogens (tertiary/aromatic N) is 2. The molecule has 1 saturated heterocycles. The summed E-state index contributed by atoms with van der Waals surface area (Å²) in [5.41, 5.74) is 1.68. The van der Waals surface area contributed by atoms with Crippen LogP contribution < -0.4 is 10.2 Å². The second-order valence-corrected chi connectivity index (χ2v) is 8.37. The van der Waals surface area contributed by atoms with Crippen LogP contribution in [-0.2, 0) is 0 Å². The molecule has 0 saturated carbocycles. The molecule has 2 heterocycles. The minimum absolute atomic E-state index is 0.168. The SMILES string of the molecule is C=C(CC)CN1CCCN2c3c(C(O)C(F)(F)F)ccc(Cl)c3NC12.CC.CC#CC/C=C/Br. The molecule has 1 aromatic carbocycles. The van der Waals surface area contributed by atoms with Gasteiger partial charge in [0.25, 0.3) is 0 Å². The van der Waals surface area contributed by atoms with Crippen molar-refractivity contribution in [2.45, 2.75) is 65.5 Å². The van der Waals surface area contributed by atoms with Gasteiger partial charge in [-0.25, -0.2) is 0 Å². The Morgan fingerprint density at radius 2 is 2.06 bits per heavy atom. The Balaban J connectivity index is 0.000000553. The number of halogens is 5. The molecule has 34 heavy (non-hydrogen) atoms. The maximum absolute atomic E-state index is 13.1. The van der Waals surface area contributed by atoms with Crippen molar-refractivity contribution < 1.29 is 18.3 Å². The molecule has 3 rings (SSSR count). The molecular weight excluding hydrogens is 531 g/mol. The number of nitrogens with one attached hydrogen (secondary N) is 1. The molecule has 2 aliphatic rings. The number of anilines is 2. The van der Waals surface area contributed by atoms with Gasteiger partial charge in [-0.05, 0) is 30.8 Å². The molecule has 0 spiro atoms. The van der Waals surface area contributed by atoms with Crippen molar-refractivity contribution in [3.05, 3.63) is 45.9 Å². The minimum Gasteiger partial charge on any atom is -0.379 e. The first kappa shape index (κ1) is 30.4. The van der Waals surface area contributed by atoms with Gasteiger partial charge in [-0.15, -0.1) is 5.92 Å². The van der Waals surface area contributed by atoms with E-state index in [2.05, 4.69) is 44.6 Å². The predicted molar refractivity (Wildman–Crippen MR) is 140 cm³/mol. The minimum atomic E-state index is -4.73. The molecule has 4 nitrogen and oxygen atoms in total. The van der Waals surface area contributed by atoms with Gasteiger partial charge in [0, 0.05) is 31.6 Å². The quantitative estimate of drug-likeness (QED) is 0.288. The van der Waals surface area contributed by atoms with Crippen LogP contribution in [0.15, 0.2) is 35.3 Å². The van der Waals surface area contributed by atoms with Crippen molar-refractivity contribution in [3.63, 3.8) is 0 Å². The maximum atomic E-state index is 13.1. The molecular formula is C25H34BrClF3N3O. The van der Waals surface area contributed by atoms with E-state index in [9.17, 15) is 18.3 Å². The Kier molecular flexibility index (Phi) is 13.1. The number of benzene rings is 1. The van der Waals surface area contributed by atoms with E-state index in [4.69, 9.17) is 11.6 Å². The number of fused-ring (bicyclic) bond motifs is 3. The number of allylic oxidation sites excluding steroid dienone is 1. The van der Waals surface area contributed by atoms with Crippen molar-refractivity contribution in [1.29, 1.82) is 0 Å². The predicted octanol–water partition coefficient (Wildman–Crippen LogP) is 7.46. The van der Waals surface area contributed by atoms with E-state index >= 15 is 0 Å². The first-order chi connectivity index (χ1) is 16.1. The smallest absolute Gasteiger partial charge is 0.379 e. The lowest BCUT2D eigenvalue weighted by Crippen LogP contribution is -2.55. The first-order valence-electron chi connectivity index (χ1n) is 11.3. The van der Waals surface area contributed by atoms with Crippen molar-refractivity contribution in [1.82, 2.24) is 4.90 Å². The summed E-state index contributed by atoms with van der Waals surface area (Å²) in [5.74, 6) is 5.66. The number of hydrogen-bond acceptors (Lipinski definition) is 4. The Morgan fingerprint density at radius 1 is 1.38 bits per heavy atom. The fourth-order valence-electron chi connectivity index (χ4n) is 3.61. The normalized spacial score (nSPS) is 17.7. The Bertz CT molecular complexity index is 896. The second kappa shape index (κ2) is 14.7. The summed E-state index contributed by atoms with van der Waals surface area (Å²) in [4.78, 5) is 5.81.